The van der Waals surface area contributed by atoms with Crippen molar-refractivity contribution in [3.05, 3.63) is 53.9 Å². The zero-order valence-electron chi connectivity index (χ0n) is 18.5. The van der Waals surface area contributed by atoms with E-state index in [1.54, 1.807) is 14.2 Å². The lowest BCUT2D eigenvalue weighted by molar-refractivity contribution is 0.354. The fourth-order valence-corrected chi connectivity index (χ4v) is 3.39. The third kappa shape index (κ3) is 4.84. The van der Waals surface area contributed by atoms with E-state index >= 15 is 0 Å². The summed E-state index contributed by atoms with van der Waals surface area (Å²) in [4.78, 5) is 11.7. The number of methoxy groups -OCH3 is 2. The molecule has 1 aromatic heterocycles. The normalized spacial score (nSPS) is 11.6. The Morgan fingerprint density at radius 2 is 1.90 bits per heavy atom. The summed E-state index contributed by atoms with van der Waals surface area (Å²) in [6.07, 6.45) is 0.869. The van der Waals surface area contributed by atoms with E-state index in [0.717, 1.165) is 53.8 Å². The second kappa shape index (κ2) is 10.0. The number of para-hydroxylation sites is 2. The minimum absolute atomic E-state index is 0.522. The number of hydrogen-bond acceptors (Lipinski definition) is 4. The van der Waals surface area contributed by atoms with Crippen LogP contribution in [0.2, 0.25) is 0 Å². The van der Waals surface area contributed by atoms with E-state index in [-0.39, 0.29) is 0 Å². The summed E-state index contributed by atoms with van der Waals surface area (Å²) in [5, 5.41) is 3.38. The fraction of sp³-hybridized carbons (Fsp3) is 0.391. The summed E-state index contributed by atoms with van der Waals surface area (Å²) < 4.78 is 12.8. The van der Waals surface area contributed by atoms with Crippen LogP contribution in [-0.2, 0) is 20.0 Å². The molecule has 0 saturated carbocycles. The number of benzene rings is 2. The number of fused-ring (bicyclic) bond motifs is 1. The highest BCUT2D eigenvalue weighted by Gasteiger charge is 2.10. The first kappa shape index (κ1) is 21.5. The number of aryl methyl sites for hydroxylation is 1. The first-order valence-corrected chi connectivity index (χ1v) is 10.2. The molecule has 0 saturated heterocycles. The summed E-state index contributed by atoms with van der Waals surface area (Å²) in [6, 6.07) is 14.2. The lowest BCUT2D eigenvalue weighted by Gasteiger charge is -2.22. The molecule has 0 bridgehead atoms. The molecule has 7 nitrogen and oxygen atoms in total. The van der Waals surface area contributed by atoms with Gasteiger partial charge in [-0.2, -0.15) is 0 Å². The Morgan fingerprint density at radius 3 is 2.60 bits per heavy atom. The van der Waals surface area contributed by atoms with Gasteiger partial charge in [0.1, 0.15) is 12.4 Å². The Bertz CT molecular complexity index is 1010. The summed E-state index contributed by atoms with van der Waals surface area (Å²) in [5.41, 5.74) is 3.30. The Labute approximate surface area is 178 Å². The van der Waals surface area contributed by atoms with Crippen molar-refractivity contribution in [3.63, 3.8) is 0 Å². The van der Waals surface area contributed by atoms with Crippen molar-refractivity contribution in [1.82, 2.24) is 19.8 Å². The Morgan fingerprint density at radius 1 is 1.13 bits per heavy atom. The largest absolute Gasteiger partial charge is 0.493 e. The van der Waals surface area contributed by atoms with Crippen LogP contribution in [0, 0.1) is 0 Å². The minimum atomic E-state index is 0.522. The summed E-state index contributed by atoms with van der Waals surface area (Å²) in [5.74, 6) is 3.30. The van der Waals surface area contributed by atoms with Crippen molar-refractivity contribution in [1.29, 1.82) is 0 Å². The minimum Gasteiger partial charge on any atom is -0.493 e. The number of hydrogen-bond donors (Lipinski definition) is 1. The molecule has 0 aliphatic carbocycles. The van der Waals surface area contributed by atoms with E-state index in [9.17, 15) is 0 Å². The van der Waals surface area contributed by atoms with Gasteiger partial charge in [0.15, 0.2) is 17.5 Å². The van der Waals surface area contributed by atoms with E-state index in [0.29, 0.717) is 6.54 Å². The molecule has 0 amide bonds. The van der Waals surface area contributed by atoms with Crippen molar-refractivity contribution < 1.29 is 9.47 Å². The molecule has 2 aromatic carbocycles. The predicted octanol–water partition coefficient (Wildman–Crippen LogP) is 3.23. The lowest BCUT2D eigenvalue weighted by Crippen LogP contribution is -2.40. The molecular formula is C23H31N5O2. The fourth-order valence-electron chi connectivity index (χ4n) is 3.39. The van der Waals surface area contributed by atoms with Gasteiger partial charge in [-0.25, -0.2) is 9.98 Å². The van der Waals surface area contributed by atoms with E-state index in [1.807, 2.05) is 37.4 Å². The maximum Gasteiger partial charge on any atom is 0.194 e. The van der Waals surface area contributed by atoms with Crippen LogP contribution in [0.4, 0.5) is 0 Å². The Hall–Kier alpha value is -3.22. The first-order valence-electron chi connectivity index (χ1n) is 10.2. The van der Waals surface area contributed by atoms with Crippen LogP contribution in [0.5, 0.6) is 11.5 Å². The zero-order valence-corrected chi connectivity index (χ0v) is 18.5. The number of aromatic nitrogens is 2. The molecule has 0 aliphatic heterocycles. The van der Waals surface area contributed by atoms with Gasteiger partial charge in [0.2, 0.25) is 0 Å². The van der Waals surface area contributed by atoms with Crippen LogP contribution < -0.4 is 14.8 Å². The van der Waals surface area contributed by atoms with Crippen molar-refractivity contribution >= 4 is 17.0 Å². The molecule has 0 unspecified atom stereocenters. The summed E-state index contributed by atoms with van der Waals surface area (Å²) >= 11 is 0. The van der Waals surface area contributed by atoms with Gasteiger partial charge in [-0.1, -0.05) is 18.2 Å². The predicted molar refractivity (Wildman–Crippen MR) is 121 cm³/mol. The van der Waals surface area contributed by atoms with E-state index in [1.165, 1.54) is 5.56 Å². The highest BCUT2D eigenvalue weighted by atomic mass is 16.5. The van der Waals surface area contributed by atoms with Crippen LogP contribution in [0.3, 0.4) is 0 Å². The molecule has 160 valence electrons. The second-order valence-corrected chi connectivity index (χ2v) is 7.11. The lowest BCUT2D eigenvalue weighted by atomic mass is 10.1. The van der Waals surface area contributed by atoms with Gasteiger partial charge in [0.05, 0.1) is 25.3 Å². The molecule has 30 heavy (non-hydrogen) atoms. The highest BCUT2D eigenvalue weighted by Crippen LogP contribution is 2.27. The van der Waals surface area contributed by atoms with Crippen molar-refractivity contribution in [2.24, 2.45) is 12.0 Å². The quantitative estimate of drug-likeness (QED) is 0.457. The van der Waals surface area contributed by atoms with E-state index < -0.39 is 0 Å². The van der Waals surface area contributed by atoms with Crippen molar-refractivity contribution in [2.45, 2.75) is 19.9 Å². The number of nitrogens with one attached hydrogen (secondary N) is 1. The zero-order chi connectivity index (χ0) is 21.5. The van der Waals surface area contributed by atoms with Crippen LogP contribution in [-0.4, -0.2) is 54.8 Å². The maximum absolute atomic E-state index is 5.41. The number of rotatable bonds is 8. The molecule has 7 heteroatoms. The third-order valence-electron chi connectivity index (χ3n) is 5.13. The highest BCUT2D eigenvalue weighted by molar-refractivity contribution is 5.80. The third-order valence-corrected chi connectivity index (χ3v) is 5.13. The van der Waals surface area contributed by atoms with Crippen LogP contribution in [0.1, 0.15) is 18.3 Å². The van der Waals surface area contributed by atoms with Gasteiger partial charge in [0, 0.05) is 27.2 Å². The SMILES string of the molecule is CCNC(=NCc1nc2ccccc2n1C)N(C)CCc1ccc(OC)c(OC)c1. The second-order valence-electron chi connectivity index (χ2n) is 7.11. The molecule has 1 heterocycles. The van der Waals surface area contributed by atoms with Gasteiger partial charge in [-0.3, -0.25) is 0 Å². The number of aliphatic imine (C=N–C) groups is 1. The number of nitrogens with zero attached hydrogens (tertiary/aromatic N) is 4. The van der Waals surface area contributed by atoms with Crippen LogP contribution in [0.15, 0.2) is 47.5 Å². The molecule has 1 N–H and O–H groups in total. The van der Waals surface area contributed by atoms with Crippen molar-refractivity contribution in [2.75, 3.05) is 34.4 Å². The average molecular weight is 410 g/mol. The molecule has 3 aromatic rings. The number of ether oxygens (including phenoxy) is 2. The average Bonchev–Trinajstić information content (AvgIpc) is 3.10. The van der Waals surface area contributed by atoms with E-state index in [4.69, 9.17) is 19.5 Å². The molecule has 3 rings (SSSR count). The van der Waals surface area contributed by atoms with Gasteiger partial charge in [-0.15, -0.1) is 0 Å². The van der Waals surface area contributed by atoms with Gasteiger partial charge in [0.25, 0.3) is 0 Å². The molecule has 0 spiro atoms. The number of likely N-dealkylation sites (N-methyl/N-ethyl adjacent to an activating group) is 1. The van der Waals surface area contributed by atoms with Gasteiger partial charge >= 0.3 is 0 Å². The maximum atomic E-state index is 5.41. The van der Waals surface area contributed by atoms with E-state index in [2.05, 4.69) is 40.9 Å². The van der Waals surface area contributed by atoms with Crippen LogP contribution >= 0.6 is 0 Å². The van der Waals surface area contributed by atoms with Gasteiger partial charge in [-0.05, 0) is 43.2 Å². The smallest absolute Gasteiger partial charge is 0.194 e. The molecule has 0 radical (unpaired) electrons. The van der Waals surface area contributed by atoms with Gasteiger partial charge < -0.3 is 24.3 Å². The Balaban J connectivity index is 1.69. The summed E-state index contributed by atoms with van der Waals surface area (Å²) in [6.45, 7) is 4.23. The molecule has 0 fully saturated rings. The number of guanidine groups is 1. The monoisotopic (exact) mass is 409 g/mol. The standard InChI is InChI=1S/C23H31N5O2/c1-6-24-23(25-16-22-26-18-9-7-8-10-19(18)28(22)3)27(2)14-13-17-11-12-20(29-4)21(15-17)30-5/h7-12,15H,6,13-14,16H2,1-5H3,(H,24,25). The number of imidazole rings is 1. The van der Waals surface area contributed by atoms with Crippen LogP contribution in [0.25, 0.3) is 11.0 Å². The molecular weight excluding hydrogens is 378 g/mol. The topological polar surface area (TPSA) is 63.9 Å². The Kier molecular flexibility index (Phi) is 7.17. The first-order chi connectivity index (χ1) is 14.6. The summed E-state index contributed by atoms with van der Waals surface area (Å²) in [7, 11) is 7.39. The van der Waals surface area contributed by atoms with Crippen molar-refractivity contribution in [3.8, 4) is 11.5 Å². The molecule has 0 aliphatic rings. The molecule has 0 atom stereocenters.